The molecule has 0 aliphatic heterocycles. The van der Waals surface area contributed by atoms with Crippen molar-refractivity contribution in [2.45, 2.75) is 6.61 Å². The van der Waals surface area contributed by atoms with Crippen LogP contribution in [0.5, 0.6) is 0 Å². The molecule has 1 aromatic heterocycles. The lowest BCUT2D eigenvalue weighted by atomic mass is 10.2. The molecule has 0 aliphatic carbocycles. The highest BCUT2D eigenvalue weighted by molar-refractivity contribution is 7.13. The van der Waals surface area contributed by atoms with Crippen molar-refractivity contribution in [1.29, 1.82) is 5.26 Å². The molecule has 4 nitrogen and oxygen atoms in total. The minimum absolute atomic E-state index is 0.133. The molecule has 0 spiro atoms. The molecule has 0 bridgehead atoms. The monoisotopic (exact) mass is 354 g/mol. The van der Waals surface area contributed by atoms with E-state index in [4.69, 9.17) is 21.6 Å². The minimum atomic E-state index is -0.483. The van der Waals surface area contributed by atoms with Crippen LogP contribution >= 0.6 is 22.9 Å². The summed E-state index contributed by atoms with van der Waals surface area (Å²) in [5.41, 5.74) is 2.51. The predicted octanol–water partition coefficient (Wildman–Crippen LogP) is 4.69. The van der Waals surface area contributed by atoms with Crippen molar-refractivity contribution < 1.29 is 9.53 Å². The summed E-state index contributed by atoms with van der Waals surface area (Å²) in [7, 11) is 0. The van der Waals surface area contributed by atoms with E-state index in [1.165, 1.54) is 11.3 Å². The summed E-state index contributed by atoms with van der Waals surface area (Å²) in [5, 5.41) is 11.8. The Labute approximate surface area is 147 Å². The van der Waals surface area contributed by atoms with E-state index in [-0.39, 0.29) is 12.3 Å². The van der Waals surface area contributed by atoms with Gasteiger partial charge in [0.05, 0.1) is 11.6 Å². The summed E-state index contributed by atoms with van der Waals surface area (Å²) in [6.45, 7) is 0.133. The van der Waals surface area contributed by atoms with Crippen LogP contribution in [0.15, 0.2) is 53.9 Å². The number of aromatic nitrogens is 1. The Morgan fingerprint density at radius 3 is 2.75 bits per heavy atom. The first-order valence-corrected chi connectivity index (χ1v) is 8.29. The van der Waals surface area contributed by atoms with Gasteiger partial charge in [0, 0.05) is 16.0 Å². The molecule has 2 aromatic carbocycles. The van der Waals surface area contributed by atoms with E-state index in [1.54, 1.807) is 41.8 Å². The number of hydrogen-bond donors (Lipinski definition) is 0. The number of esters is 1. The molecule has 0 N–H and O–H groups in total. The zero-order chi connectivity index (χ0) is 16.9. The van der Waals surface area contributed by atoms with Gasteiger partial charge < -0.3 is 4.74 Å². The highest BCUT2D eigenvalue weighted by Crippen LogP contribution is 2.26. The first-order chi connectivity index (χ1) is 11.7. The van der Waals surface area contributed by atoms with Gasteiger partial charge in [0.2, 0.25) is 0 Å². The average Bonchev–Trinajstić information content (AvgIpc) is 3.10. The van der Waals surface area contributed by atoms with Crippen LogP contribution < -0.4 is 0 Å². The van der Waals surface area contributed by atoms with Crippen LogP contribution in [0.25, 0.3) is 10.6 Å². The van der Waals surface area contributed by atoms with Crippen molar-refractivity contribution in [3.63, 3.8) is 0 Å². The third-order valence-corrected chi connectivity index (χ3v) is 4.36. The molecule has 3 rings (SSSR count). The molecule has 0 saturated carbocycles. The first kappa shape index (κ1) is 16.2. The second-order valence-electron chi connectivity index (χ2n) is 4.93. The van der Waals surface area contributed by atoms with Crippen LogP contribution in [-0.2, 0) is 11.3 Å². The highest BCUT2D eigenvalue weighted by Gasteiger charge is 2.13. The Bertz CT molecular complexity index is 913. The van der Waals surface area contributed by atoms with Crippen molar-refractivity contribution in [1.82, 2.24) is 4.98 Å². The van der Waals surface area contributed by atoms with Crippen molar-refractivity contribution in [3.8, 4) is 16.6 Å². The molecule has 0 atom stereocenters. The summed E-state index contributed by atoms with van der Waals surface area (Å²) in [5.74, 6) is -0.483. The van der Waals surface area contributed by atoms with Crippen LogP contribution in [-0.4, -0.2) is 11.0 Å². The van der Waals surface area contributed by atoms with Crippen LogP contribution in [0.3, 0.4) is 0 Å². The largest absolute Gasteiger partial charge is 0.456 e. The van der Waals surface area contributed by atoms with E-state index >= 15 is 0 Å². The molecule has 0 radical (unpaired) electrons. The topological polar surface area (TPSA) is 63.0 Å². The van der Waals surface area contributed by atoms with Gasteiger partial charge in [0.15, 0.2) is 5.69 Å². The molecular formula is C18H11ClN2O2S. The fourth-order valence-electron chi connectivity index (χ4n) is 2.02. The van der Waals surface area contributed by atoms with Gasteiger partial charge >= 0.3 is 5.97 Å². The summed E-state index contributed by atoms with van der Waals surface area (Å²) in [4.78, 5) is 16.4. The lowest BCUT2D eigenvalue weighted by Gasteiger charge is -2.03. The lowest BCUT2D eigenvalue weighted by Crippen LogP contribution is -2.05. The number of nitriles is 1. The fraction of sp³-hybridized carbons (Fsp3) is 0.0556. The normalized spacial score (nSPS) is 10.2. The Balaban J connectivity index is 1.66. The molecule has 118 valence electrons. The zero-order valence-corrected chi connectivity index (χ0v) is 14.0. The molecule has 1 heterocycles. The van der Waals surface area contributed by atoms with Crippen molar-refractivity contribution in [2.24, 2.45) is 0 Å². The number of hydrogen-bond acceptors (Lipinski definition) is 5. The Kier molecular flexibility index (Phi) is 4.90. The number of rotatable bonds is 4. The number of halogens is 1. The molecule has 0 saturated heterocycles. The number of thiazole rings is 1. The van der Waals surface area contributed by atoms with Crippen LogP contribution in [0.1, 0.15) is 21.6 Å². The molecule has 0 fully saturated rings. The second kappa shape index (κ2) is 7.26. The van der Waals surface area contributed by atoms with Gasteiger partial charge in [-0.2, -0.15) is 5.26 Å². The molecule has 3 aromatic rings. The maximum Gasteiger partial charge on any atom is 0.358 e. The van der Waals surface area contributed by atoms with Gasteiger partial charge in [-0.05, 0) is 29.8 Å². The number of carbonyl (C=O) groups is 1. The standard InChI is InChI=1S/C18H11ClN2O2S/c19-15-3-1-2-14(8-15)17-21-16(11-24-17)18(22)23-10-13-6-4-12(9-20)5-7-13/h1-8,11H,10H2. The summed E-state index contributed by atoms with van der Waals surface area (Å²) >= 11 is 7.33. The van der Waals surface area contributed by atoms with Crippen LogP contribution in [0, 0.1) is 11.3 Å². The Morgan fingerprint density at radius 1 is 1.25 bits per heavy atom. The molecule has 24 heavy (non-hydrogen) atoms. The minimum Gasteiger partial charge on any atom is -0.456 e. The first-order valence-electron chi connectivity index (χ1n) is 7.03. The Morgan fingerprint density at radius 2 is 2.04 bits per heavy atom. The predicted molar refractivity (Wildman–Crippen MR) is 92.8 cm³/mol. The zero-order valence-electron chi connectivity index (χ0n) is 12.4. The summed E-state index contributed by atoms with van der Waals surface area (Å²) in [6.07, 6.45) is 0. The quantitative estimate of drug-likeness (QED) is 0.637. The molecule has 6 heteroatoms. The smallest absolute Gasteiger partial charge is 0.358 e. The number of carbonyl (C=O) groups excluding carboxylic acids is 1. The molecule has 0 unspecified atom stereocenters. The van der Waals surface area contributed by atoms with Gasteiger partial charge in [-0.25, -0.2) is 9.78 Å². The summed E-state index contributed by atoms with van der Waals surface area (Å²) < 4.78 is 5.26. The van der Waals surface area contributed by atoms with E-state index in [2.05, 4.69) is 4.98 Å². The van der Waals surface area contributed by atoms with Crippen molar-refractivity contribution in [2.75, 3.05) is 0 Å². The third-order valence-electron chi connectivity index (χ3n) is 3.24. The van der Waals surface area contributed by atoms with Gasteiger partial charge in [0.25, 0.3) is 0 Å². The van der Waals surface area contributed by atoms with Crippen LogP contribution in [0.2, 0.25) is 5.02 Å². The fourth-order valence-corrected chi connectivity index (χ4v) is 3.00. The second-order valence-corrected chi connectivity index (χ2v) is 6.23. The maximum absolute atomic E-state index is 12.1. The van der Waals surface area contributed by atoms with E-state index in [0.29, 0.717) is 15.6 Å². The molecular weight excluding hydrogens is 344 g/mol. The van der Waals surface area contributed by atoms with Gasteiger partial charge in [-0.3, -0.25) is 0 Å². The van der Waals surface area contributed by atoms with E-state index in [9.17, 15) is 4.79 Å². The van der Waals surface area contributed by atoms with E-state index < -0.39 is 5.97 Å². The molecule has 0 amide bonds. The highest BCUT2D eigenvalue weighted by atomic mass is 35.5. The van der Waals surface area contributed by atoms with E-state index in [0.717, 1.165) is 11.1 Å². The van der Waals surface area contributed by atoms with Gasteiger partial charge in [-0.1, -0.05) is 35.9 Å². The Hall–Kier alpha value is -2.68. The maximum atomic E-state index is 12.1. The summed E-state index contributed by atoms with van der Waals surface area (Å²) in [6, 6.07) is 16.2. The van der Waals surface area contributed by atoms with Crippen LogP contribution in [0.4, 0.5) is 0 Å². The number of nitrogens with zero attached hydrogens (tertiary/aromatic N) is 2. The van der Waals surface area contributed by atoms with Gasteiger partial charge in [0.1, 0.15) is 11.6 Å². The van der Waals surface area contributed by atoms with E-state index in [1.807, 2.05) is 18.2 Å². The molecule has 0 aliphatic rings. The number of ether oxygens (including phenoxy) is 1. The third kappa shape index (κ3) is 3.80. The average molecular weight is 355 g/mol. The van der Waals surface area contributed by atoms with Gasteiger partial charge in [-0.15, -0.1) is 11.3 Å². The van der Waals surface area contributed by atoms with Crippen molar-refractivity contribution >= 4 is 28.9 Å². The number of benzene rings is 2. The lowest BCUT2D eigenvalue weighted by molar-refractivity contribution is 0.0467. The SMILES string of the molecule is N#Cc1ccc(COC(=O)c2csc(-c3cccc(Cl)c3)n2)cc1. The van der Waals surface area contributed by atoms with Crippen molar-refractivity contribution in [3.05, 3.63) is 75.8 Å².